The van der Waals surface area contributed by atoms with Gasteiger partial charge in [-0.15, -0.1) is 0 Å². The van der Waals surface area contributed by atoms with Crippen LogP contribution in [0.4, 0.5) is 0 Å². The molecule has 0 aliphatic heterocycles. The van der Waals surface area contributed by atoms with E-state index in [0.29, 0.717) is 6.04 Å². The van der Waals surface area contributed by atoms with Crippen LogP contribution >= 0.6 is 0 Å². The Balaban J connectivity index is 1.53. The molecule has 2 heterocycles. The van der Waals surface area contributed by atoms with Crippen LogP contribution in [0.2, 0.25) is 0 Å². The molecule has 108 valence electrons. The van der Waals surface area contributed by atoms with Gasteiger partial charge in [-0.25, -0.2) is 4.98 Å². The van der Waals surface area contributed by atoms with Crippen LogP contribution < -0.4 is 5.32 Å². The standard InChI is InChI=1S/C16H19N5/c1-14(12-21-9-2-7-19-21)18-11-15-3-5-16(6-4-15)20-10-8-17-13-20/h2-10,13-14,18H,11-12H2,1H3/t14-/m0/s1. The van der Waals surface area contributed by atoms with Gasteiger partial charge in [0.15, 0.2) is 0 Å². The summed E-state index contributed by atoms with van der Waals surface area (Å²) < 4.78 is 3.94. The molecule has 0 radical (unpaired) electrons. The third-order valence-corrected chi connectivity index (χ3v) is 3.41. The summed E-state index contributed by atoms with van der Waals surface area (Å²) in [6, 6.07) is 10.8. The second kappa shape index (κ2) is 6.37. The molecule has 1 N–H and O–H groups in total. The van der Waals surface area contributed by atoms with Gasteiger partial charge in [-0.3, -0.25) is 4.68 Å². The average Bonchev–Trinajstić information content (AvgIpc) is 3.19. The predicted octanol–water partition coefficient (Wildman–Crippen LogP) is 2.25. The minimum atomic E-state index is 0.373. The maximum Gasteiger partial charge on any atom is 0.0991 e. The van der Waals surface area contributed by atoms with Crippen molar-refractivity contribution in [2.24, 2.45) is 0 Å². The summed E-state index contributed by atoms with van der Waals surface area (Å²) in [5, 5.41) is 7.73. The molecule has 0 unspecified atom stereocenters. The van der Waals surface area contributed by atoms with Crippen molar-refractivity contribution in [3.8, 4) is 5.69 Å². The van der Waals surface area contributed by atoms with E-state index < -0.39 is 0 Å². The van der Waals surface area contributed by atoms with Gasteiger partial charge in [-0.05, 0) is 30.7 Å². The van der Waals surface area contributed by atoms with E-state index in [1.54, 1.807) is 12.5 Å². The number of rotatable bonds is 6. The van der Waals surface area contributed by atoms with Gasteiger partial charge in [0.2, 0.25) is 0 Å². The molecule has 0 spiro atoms. The zero-order valence-electron chi connectivity index (χ0n) is 12.1. The molecule has 1 aromatic carbocycles. The number of nitrogens with one attached hydrogen (secondary N) is 1. The van der Waals surface area contributed by atoms with Crippen LogP contribution in [0, 0.1) is 0 Å². The van der Waals surface area contributed by atoms with Crippen molar-refractivity contribution < 1.29 is 0 Å². The van der Waals surface area contributed by atoms with Crippen LogP contribution in [-0.2, 0) is 13.1 Å². The number of hydrogen-bond acceptors (Lipinski definition) is 3. The van der Waals surface area contributed by atoms with E-state index in [9.17, 15) is 0 Å². The smallest absolute Gasteiger partial charge is 0.0991 e. The fourth-order valence-electron chi connectivity index (χ4n) is 2.24. The van der Waals surface area contributed by atoms with Crippen molar-refractivity contribution in [3.63, 3.8) is 0 Å². The van der Waals surface area contributed by atoms with E-state index in [1.165, 1.54) is 5.56 Å². The summed E-state index contributed by atoms with van der Waals surface area (Å²) in [6.07, 6.45) is 9.32. The molecule has 3 aromatic rings. The van der Waals surface area contributed by atoms with E-state index in [-0.39, 0.29) is 0 Å². The number of hydrogen-bond donors (Lipinski definition) is 1. The van der Waals surface area contributed by atoms with Gasteiger partial charge in [0, 0.05) is 43.1 Å². The van der Waals surface area contributed by atoms with E-state index in [0.717, 1.165) is 18.8 Å². The van der Waals surface area contributed by atoms with E-state index in [4.69, 9.17) is 0 Å². The summed E-state index contributed by atoms with van der Waals surface area (Å²) >= 11 is 0. The minimum Gasteiger partial charge on any atom is -0.308 e. The molecule has 0 amide bonds. The Morgan fingerprint density at radius 1 is 1.14 bits per heavy atom. The molecule has 0 bridgehead atoms. The largest absolute Gasteiger partial charge is 0.308 e. The molecular formula is C16H19N5. The maximum atomic E-state index is 4.22. The molecule has 5 heteroatoms. The Morgan fingerprint density at radius 2 is 2.00 bits per heavy atom. The summed E-state index contributed by atoms with van der Waals surface area (Å²) in [4.78, 5) is 4.06. The molecule has 0 fully saturated rings. The lowest BCUT2D eigenvalue weighted by Gasteiger charge is -2.14. The zero-order valence-corrected chi connectivity index (χ0v) is 12.1. The van der Waals surface area contributed by atoms with Crippen molar-refractivity contribution in [3.05, 3.63) is 67.0 Å². The minimum absolute atomic E-state index is 0.373. The molecule has 5 nitrogen and oxygen atoms in total. The molecule has 1 atom stereocenters. The topological polar surface area (TPSA) is 47.7 Å². The first-order valence-corrected chi connectivity index (χ1v) is 7.09. The fourth-order valence-corrected chi connectivity index (χ4v) is 2.24. The van der Waals surface area contributed by atoms with E-state index >= 15 is 0 Å². The van der Waals surface area contributed by atoms with Gasteiger partial charge < -0.3 is 9.88 Å². The summed E-state index contributed by atoms with van der Waals surface area (Å²) in [5.74, 6) is 0. The Hall–Kier alpha value is -2.40. The van der Waals surface area contributed by atoms with Crippen molar-refractivity contribution in [1.29, 1.82) is 0 Å². The van der Waals surface area contributed by atoms with Crippen LogP contribution in [0.1, 0.15) is 12.5 Å². The number of nitrogens with zero attached hydrogens (tertiary/aromatic N) is 4. The van der Waals surface area contributed by atoms with Gasteiger partial charge in [-0.2, -0.15) is 5.10 Å². The molecule has 0 aliphatic rings. The van der Waals surface area contributed by atoms with Crippen LogP contribution in [0.25, 0.3) is 5.69 Å². The summed E-state index contributed by atoms with van der Waals surface area (Å²) in [7, 11) is 0. The molecule has 0 saturated carbocycles. The SMILES string of the molecule is C[C@@H](Cn1cccn1)NCc1ccc(-n2ccnc2)cc1. The Labute approximate surface area is 124 Å². The van der Waals surface area contributed by atoms with E-state index in [1.807, 2.05) is 33.9 Å². The summed E-state index contributed by atoms with van der Waals surface area (Å²) in [6.45, 7) is 3.90. The second-order valence-electron chi connectivity index (χ2n) is 5.15. The highest BCUT2D eigenvalue weighted by Gasteiger charge is 2.03. The quantitative estimate of drug-likeness (QED) is 0.754. The second-order valence-corrected chi connectivity index (χ2v) is 5.15. The first-order chi connectivity index (χ1) is 10.3. The van der Waals surface area contributed by atoms with Crippen LogP contribution in [0.5, 0.6) is 0 Å². The van der Waals surface area contributed by atoms with Crippen molar-refractivity contribution in [2.45, 2.75) is 26.1 Å². The van der Waals surface area contributed by atoms with Gasteiger partial charge in [0.05, 0.1) is 12.9 Å². The monoisotopic (exact) mass is 281 g/mol. The lowest BCUT2D eigenvalue weighted by Crippen LogP contribution is -2.30. The van der Waals surface area contributed by atoms with Gasteiger partial charge in [0.1, 0.15) is 0 Å². The first-order valence-electron chi connectivity index (χ1n) is 7.09. The molecule has 2 aromatic heterocycles. The van der Waals surface area contributed by atoms with Crippen LogP contribution in [0.15, 0.2) is 61.4 Å². The zero-order chi connectivity index (χ0) is 14.5. The van der Waals surface area contributed by atoms with Gasteiger partial charge >= 0.3 is 0 Å². The number of benzene rings is 1. The lowest BCUT2D eigenvalue weighted by molar-refractivity contribution is 0.451. The third kappa shape index (κ3) is 3.58. The number of aromatic nitrogens is 4. The molecule has 0 aliphatic carbocycles. The third-order valence-electron chi connectivity index (χ3n) is 3.41. The van der Waals surface area contributed by atoms with Crippen LogP contribution in [0.3, 0.4) is 0 Å². The average molecular weight is 281 g/mol. The molecule has 21 heavy (non-hydrogen) atoms. The Bertz CT molecular complexity index is 641. The van der Waals surface area contributed by atoms with Crippen molar-refractivity contribution in [1.82, 2.24) is 24.6 Å². The Morgan fingerprint density at radius 3 is 2.67 bits per heavy atom. The highest BCUT2D eigenvalue weighted by Crippen LogP contribution is 2.09. The molecule has 3 rings (SSSR count). The predicted molar refractivity (Wildman–Crippen MR) is 82.1 cm³/mol. The van der Waals surface area contributed by atoms with Crippen molar-refractivity contribution in [2.75, 3.05) is 0 Å². The van der Waals surface area contributed by atoms with Gasteiger partial charge in [-0.1, -0.05) is 12.1 Å². The molecule has 0 saturated heterocycles. The summed E-state index contributed by atoms with van der Waals surface area (Å²) in [5.41, 5.74) is 2.40. The maximum absolute atomic E-state index is 4.22. The Kier molecular flexibility index (Phi) is 4.12. The van der Waals surface area contributed by atoms with Crippen LogP contribution in [-0.4, -0.2) is 25.4 Å². The highest BCUT2D eigenvalue weighted by molar-refractivity contribution is 5.34. The normalized spacial score (nSPS) is 12.4. The van der Waals surface area contributed by atoms with E-state index in [2.05, 4.69) is 46.6 Å². The number of imidazole rings is 1. The van der Waals surface area contributed by atoms with Crippen molar-refractivity contribution >= 4 is 0 Å². The van der Waals surface area contributed by atoms with Gasteiger partial charge in [0.25, 0.3) is 0 Å². The highest BCUT2D eigenvalue weighted by atomic mass is 15.3. The first kappa shape index (κ1) is 13.6. The molecular weight excluding hydrogens is 262 g/mol. The lowest BCUT2D eigenvalue weighted by atomic mass is 10.2. The fraction of sp³-hybridized carbons (Fsp3) is 0.250.